The molecule has 0 fully saturated rings. The second kappa shape index (κ2) is 70.3. The highest BCUT2D eigenvalue weighted by Gasteiger charge is 2.19. The zero-order valence-corrected chi connectivity index (χ0v) is 54.4. The summed E-state index contributed by atoms with van der Waals surface area (Å²) in [6, 6.07) is 0. The third-order valence-corrected chi connectivity index (χ3v) is 14.9. The van der Waals surface area contributed by atoms with E-state index < -0.39 is 6.10 Å². The van der Waals surface area contributed by atoms with Crippen LogP contribution in [0.15, 0.2) is 122 Å². The molecule has 1 unspecified atom stereocenters. The summed E-state index contributed by atoms with van der Waals surface area (Å²) < 4.78 is 17.0. The Bertz CT molecular complexity index is 1700. The number of rotatable bonds is 63. The SMILES string of the molecule is CC/C=C\C/C=C\C/C=C\C/C=C\CCCCCCCCCCCCCCCCC(=O)OCC(COC(=O)CCCCCCCC/C=C\C/C=C\C/C=C\CCCCC)OC(=O)CCCCCCCC/C=C\C/C=C\C/C=C\CCCCC. The van der Waals surface area contributed by atoms with Crippen LogP contribution in [0.5, 0.6) is 0 Å². The van der Waals surface area contributed by atoms with Gasteiger partial charge in [-0.15, -0.1) is 0 Å². The molecule has 0 aliphatic heterocycles. The Morgan fingerprint density at radius 3 is 0.735 bits per heavy atom. The van der Waals surface area contributed by atoms with E-state index in [0.717, 1.165) is 128 Å². The van der Waals surface area contributed by atoms with E-state index in [1.165, 1.54) is 161 Å². The van der Waals surface area contributed by atoms with E-state index in [1.54, 1.807) is 0 Å². The van der Waals surface area contributed by atoms with Crippen LogP contribution in [0.4, 0.5) is 0 Å². The molecule has 0 aromatic heterocycles. The molecule has 0 aliphatic carbocycles. The van der Waals surface area contributed by atoms with Crippen LogP contribution in [-0.4, -0.2) is 37.2 Å². The zero-order chi connectivity index (χ0) is 59.9. The van der Waals surface area contributed by atoms with E-state index in [4.69, 9.17) is 14.2 Å². The number of unbranched alkanes of at least 4 members (excludes halogenated alkanes) is 32. The molecule has 0 saturated carbocycles. The molecule has 1 atom stereocenters. The first-order valence-electron chi connectivity index (χ1n) is 35.0. The van der Waals surface area contributed by atoms with Crippen LogP contribution < -0.4 is 0 Å². The molecule has 0 rings (SSSR count). The van der Waals surface area contributed by atoms with Crippen molar-refractivity contribution in [1.82, 2.24) is 0 Å². The molecule has 0 amide bonds. The molecule has 0 bridgehead atoms. The minimum Gasteiger partial charge on any atom is -0.462 e. The summed E-state index contributed by atoms with van der Waals surface area (Å²) in [7, 11) is 0. The lowest BCUT2D eigenvalue weighted by Crippen LogP contribution is -2.30. The van der Waals surface area contributed by atoms with Crippen molar-refractivity contribution in [2.75, 3.05) is 13.2 Å². The van der Waals surface area contributed by atoms with Gasteiger partial charge in [-0.2, -0.15) is 0 Å². The van der Waals surface area contributed by atoms with Crippen LogP contribution >= 0.6 is 0 Å². The largest absolute Gasteiger partial charge is 0.462 e. The molecule has 6 nitrogen and oxygen atoms in total. The van der Waals surface area contributed by atoms with Gasteiger partial charge in [-0.1, -0.05) is 296 Å². The topological polar surface area (TPSA) is 78.9 Å². The van der Waals surface area contributed by atoms with Gasteiger partial charge in [0, 0.05) is 19.3 Å². The maximum atomic E-state index is 13.0. The molecule has 0 N–H and O–H groups in total. The predicted molar refractivity (Wildman–Crippen MR) is 362 cm³/mol. The Morgan fingerprint density at radius 2 is 0.470 bits per heavy atom. The molecule has 0 aromatic rings. The monoisotopic (exact) mass is 1150 g/mol. The van der Waals surface area contributed by atoms with Crippen molar-refractivity contribution in [3.63, 3.8) is 0 Å². The number of hydrogen-bond acceptors (Lipinski definition) is 6. The molecular weight excluding hydrogens is 1020 g/mol. The lowest BCUT2D eigenvalue weighted by atomic mass is 10.0. The summed E-state index contributed by atoms with van der Waals surface area (Å²) in [6.07, 6.45) is 97.8. The minimum absolute atomic E-state index is 0.0887. The van der Waals surface area contributed by atoms with Crippen LogP contribution in [0.3, 0.4) is 0 Å². The maximum Gasteiger partial charge on any atom is 0.306 e. The lowest BCUT2D eigenvalue weighted by molar-refractivity contribution is -0.167. The smallest absolute Gasteiger partial charge is 0.306 e. The van der Waals surface area contributed by atoms with Gasteiger partial charge in [0.2, 0.25) is 0 Å². The van der Waals surface area contributed by atoms with Gasteiger partial charge in [0.05, 0.1) is 0 Å². The maximum absolute atomic E-state index is 13.0. The number of carbonyl (C=O) groups is 3. The average Bonchev–Trinajstić information content (AvgIpc) is 3.50. The first-order valence-corrected chi connectivity index (χ1v) is 35.0. The number of esters is 3. The van der Waals surface area contributed by atoms with Crippen molar-refractivity contribution in [1.29, 1.82) is 0 Å². The standard InChI is InChI=1S/C77H130O6/c1-4-7-10-13-16-19-22-25-28-31-34-35-36-37-38-39-40-41-44-46-49-52-55-58-61-64-67-70-76(79)82-73-74(83-77(80)71-68-65-62-59-56-53-50-47-43-33-30-27-24-21-18-15-12-9-6-3)72-81-75(78)69-66-63-60-57-54-51-48-45-42-32-29-26-23-20-17-14-11-8-5-2/h7,10,16-21,25-30,34-35,42-43,45,47,74H,4-6,8-9,11-15,22-24,31-33,36-41,44,46,48-73H2,1-3H3/b10-7-,19-16-,20-17-,21-18-,28-25-,29-26-,30-27-,35-34-,45-42-,47-43-. The Hall–Kier alpha value is -4.19. The normalized spacial score (nSPS) is 12.9. The van der Waals surface area contributed by atoms with Gasteiger partial charge >= 0.3 is 17.9 Å². The number of carbonyl (C=O) groups excluding carboxylic acids is 3. The molecule has 0 spiro atoms. The Morgan fingerprint density at radius 1 is 0.253 bits per heavy atom. The van der Waals surface area contributed by atoms with E-state index in [0.29, 0.717) is 19.3 Å². The van der Waals surface area contributed by atoms with Crippen LogP contribution in [0.25, 0.3) is 0 Å². The highest BCUT2D eigenvalue weighted by molar-refractivity contribution is 5.71. The van der Waals surface area contributed by atoms with E-state index in [9.17, 15) is 14.4 Å². The molecule has 0 heterocycles. The van der Waals surface area contributed by atoms with Gasteiger partial charge in [-0.25, -0.2) is 0 Å². The fraction of sp³-hybridized carbons (Fsp3) is 0.701. The molecule has 0 radical (unpaired) electrons. The molecular formula is C77H130O6. The van der Waals surface area contributed by atoms with Gasteiger partial charge in [-0.05, 0) is 135 Å². The highest BCUT2D eigenvalue weighted by Crippen LogP contribution is 2.16. The van der Waals surface area contributed by atoms with Crippen LogP contribution in [0, 0.1) is 0 Å². The Balaban J connectivity index is 4.38. The van der Waals surface area contributed by atoms with E-state index in [2.05, 4.69) is 142 Å². The van der Waals surface area contributed by atoms with Gasteiger partial charge in [0.25, 0.3) is 0 Å². The first-order chi connectivity index (χ1) is 41.0. The fourth-order valence-corrected chi connectivity index (χ4v) is 9.68. The molecule has 6 heteroatoms. The van der Waals surface area contributed by atoms with Gasteiger partial charge in [0.1, 0.15) is 13.2 Å². The van der Waals surface area contributed by atoms with E-state index >= 15 is 0 Å². The van der Waals surface area contributed by atoms with Gasteiger partial charge in [-0.3, -0.25) is 14.4 Å². The molecule has 0 aliphatic rings. The van der Waals surface area contributed by atoms with Crippen LogP contribution in [0.1, 0.15) is 329 Å². The lowest BCUT2D eigenvalue weighted by Gasteiger charge is -2.18. The van der Waals surface area contributed by atoms with Gasteiger partial charge in [0.15, 0.2) is 6.10 Å². The summed E-state index contributed by atoms with van der Waals surface area (Å²) >= 11 is 0. The average molecular weight is 1150 g/mol. The fourth-order valence-electron chi connectivity index (χ4n) is 9.68. The van der Waals surface area contributed by atoms with Crippen molar-refractivity contribution in [3.05, 3.63) is 122 Å². The molecule has 83 heavy (non-hydrogen) atoms. The second-order valence-electron chi connectivity index (χ2n) is 23.1. The summed E-state index contributed by atoms with van der Waals surface area (Å²) in [6.45, 7) is 6.48. The van der Waals surface area contributed by atoms with Crippen molar-refractivity contribution in [3.8, 4) is 0 Å². The Labute approximate surface area is 513 Å². The molecule has 0 aromatic carbocycles. The summed E-state index contributed by atoms with van der Waals surface area (Å²) in [5, 5.41) is 0. The Kier molecular flexibility index (Phi) is 66.7. The van der Waals surface area contributed by atoms with Crippen molar-refractivity contribution >= 4 is 17.9 Å². The number of allylic oxidation sites excluding steroid dienone is 20. The predicted octanol–water partition coefficient (Wildman–Crippen LogP) is 24.3. The second-order valence-corrected chi connectivity index (χ2v) is 23.1. The zero-order valence-electron chi connectivity index (χ0n) is 54.4. The first kappa shape index (κ1) is 78.8. The van der Waals surface area contributed by atoms with E-state index in [-0.39, 0.29) is 31.1 Å². The third-order valence-electron chi connectivity index (χ3n) is 14.9. The summed E-state index contributed by atoms with van der Waals surface area (Å²) in [4.78, 5) is 38.5. The molecule has 474 valence electrons. The van der Waals surface area contributed by atoms with E-state index in [1.807, 2.05) is 0 Å². The summed E-state index contributed by atoms with van der Waals surface area (Å²) in [5.74, 6) is -0.904. The summed E-state index contributed by atoms with van der Waals surface area (Å²) in [5.41, 5.74) is 0. The van der Waals surface area contributed by atoms with Gasteiger partial charge < -0.3 is 14.2 Å². The van der Waals surface area contributed by atoms with Crippen LogP contribution in [-0.2, 0) is 28.6 Å². The van der Waals surface area contributed by atoms with Crippen LogP contribution in [0.2, 0.25) is 0 Å². The third kappa shape index (κ3) is 68.5. The van der Waals surface area contributed by atoms with Crippen molar-refractivity contribution < 1.29 is 28.6 Å². The van der Waals surface area contributed by atoms with Crippen molar-refractivity contribution in [2.45, 2.75) is 335 Å². The van der Waals surface area contributed by atoms with Crippen molar-refractivity contribution in [2.24, 2.45) is 0 Å². The number of ether oxygens (including phenoxy) is 3. The molecule has 0 saturated heterocycles. The highest BCUT2D eigenvalue weighted by atomic mass is 16.6. The quantitative estimate of drug-likeness (QED) is 0.0261. The number of hydrogen-bond donors (Lipinski definition) is 0. The minimum atomic E-state index is -0.796.